The van der Waals surface area contributed by atoms with Crippen LogP contribution in [0.4, 0.5) is 5.69 Å². The van der Waals surface area contributed by atoms with E-state index in [4.69, 9.17) is 21.4 Å². The highest BCUT2D eigenvalue weighted by atomic mass is 35.5. The van der Waals surface area contributed by atoms with Gasteiger partial charge in [0.05, 0.1) is 11.4 Å². The number of aliphatic carboxylic acids is 1. The number of imidazole rings is 1. The van der Waals surface area contributed by atoms with Crippen LogP contribution in [0.1, 0.15) is 21.6 Å². The van der Waals surface area contributed by atoms with Crippen molar-refractivity contribution in [1.82, 2.24) is 9.38 Å². The maximum Gasteiger partial charge on any atom is 0.307 e. The van der Waals surface area contributed by atoms with Crippen LogP contribution in [0, 0.1) is 6.92 Å². The number of aryl methyl sites for hydroxylation is 1. The third-order valence-corrected chi connectivity index (χ3v) is 4.82. The predicted molar refractivity (Wildman–Crippen MR) is 117 cm³/mol. The van der Waals surface area contributed by atoms with Gasteiger partial charge < -0.3 is 19.6 Å². The normalized spacial score (nSPS) is 10.8. The molecule has 0 fully saturated rings. The zero-order valence-electron chi connectivity index (χ0n) is 16.5. The lowest BCUT2D eigenvalue weighted by Crippen LogP contribution is -2.12. The minimum absolute atomic E-state index is 0.111. The van der Waals surface area contributed by atoms with Gasteiger partial charge in [-0.1, -0.05) is 23.7 Å². The Morgan fingerprint density at radius 1 is 1.10 bits per heavy atom. The maximum atomic E-state index is 12.5. The Kier molecular flexibility index (Phi) is 5.60. The monoisotopic (exact) mass is 435 g/mol. The van der Waals surface area contributed by atoms with Gasteiger partial charge in [0.25, 0.3) is 5.91 Å². The van der Waals surface area contributed by atoms with Crippen LogP contribution in [-0.2, 0) is 11.2 Å². The second-order valence-electron chi connectivity index (χ2n) is 7.01. The molecular formula is C23H18ClN3O4. The first-order chi connectivity index (χ1) is 14.9. The number of aromatic nitrogens is 2. The molecule has 2 aromatic heterocycles. The number of amides is 1. The summed E-state index contributed by atoms with van der Waals surface area (Å²) in [4.78, 5) is 27.7. The van der Waals surface area contributed by atoms with Gasteiger partial charge in [0.2, 0.25) is 0 Å². The summed E-state index contributed by atoms with van der Waals surface area (Å²) >= 11 is 6.19. The van der Waals surface area contributed by atoms with E-state index in [0.29, 0.717) is 39.1 Å². The van der Waals surface area contributed by atoms with E-state index in [9.17, 15) is 9.59 Å². The minimum Gasteiger partial charge on any atom is -0.481 e. The molecule has 7 nitrogen and oxygen atoms in total. The number of fused-ring (bicyclic) bond motifs is 1. The molecule has 156 valence electrons. The standard InChI is InChI=1S/C23H18ClN3O4/c1-14-2-9-21-26-19(13-27(21)12-14)23(30)25-16-4-6-17(7-5-16)31-20-8-3-15(10-18(20)24)11-22(28)29/h2-10,12-13H,11H2,1H3,(H,25,30)(H,28,29). The number of carboxylic acids is 1. The van der Waals surface area contributed by atoms with Crippen LogP contribution < -0.4 is 10.1 Å². The summed E-state index contributed by atoms with van der Waals surface area (Å²) in [5.41, 5.74) is 3.27. The molecule has 4 rings (SSSR count). The summed E-state index contributed by atoms with van der Waals surface area (Å²) in [5.74, 6) is -0.310. The summed E-state index contributed by atoms with van der Waals surface area (Å²) < 4.78 is 7.57. The molecule has 0 aliphatic rings. The topological polar surface area (TPSA) is 92.9 Å². The van der Waals surface area contributed by atoms with Crippen LogP contribution in [0.2, 0.25) is 5.02 Å². The maximum absolute atomic E-state index is 12.5. The summed E-state index contributed by atoms with van der Waals surface area (Å²) in [6, 6.07) is 15.5. The third kappa shape index (κ3) is 4.84. The summed E-state index contributed by atoms with van der Waals surface area (Å²) in [6.45, 7) is 1.97. The number of carboxylic acid groups (broad SMARTS) is 1. The van der Waals surface area contributed by atoms with E-state index in [1.807, 2.05) is 29.7 Å². The van der Waals surface area contributed by atoms with Gasteiger partial charge in [-0.2, -0.15) is 0 Å². The molecule has 1 amide bonds. The number of anilines is 1. The van der Waals surface area contributed by atoms with Gasteiger partial charge >= 0.3 is 5.97 Å². The van der Waals surface area contributed by atoms with Gasteiger partial charge in [-0.05, 0) is 60.5 Å². The SMILES string of the molecule is Cc1ccc2nc(C(=O)Nc3ccc(Oc4ccc(CC(=O)O)cc4Cl)cc3)cn2c1. The molecule has 0 unspecified atom stereocenters. The summed E-state index contributed by atoms with van der Waals surface area (Å²) in [6.07, 6.45) is 3.48. The first-order valence-electron chi connectivity index (χ1n) is 9.42. The summed E-state index contributed by atoms with van der Waals surface area (Å²) in [5, 5.41) is 12.0. The van der Waals surface area contributed by atoms with Gasteiger partial charge in [-0.3, -0.25) is 9.59 Å². The number of nitrogens with zero attached hydrogens (tertiary/aromatic N) is 2. The number of pyridine rings is 1. The van der Waals surface area contributed by atoms with Gasteiger partial charge in [-0.25, -0.2) is 4.98 Å². The van der Waals surface area contributed by atoms with Gasteiger partial charge in [-0.15, -0.1) is 0 Å². The van der Waals surface area contributed by atoms with Crippen molar-refractivity contribution in [3.63, 3.8) is 0 Å². The summed E-state index contributed by atoms with van der Waals surface area (Å²) in [7, 11) is 0. The molecule has 0 saturated carbocycles. The van der Waals surface area contributed by atoms with Crippen LogP contribution in [0.15, 0.2) is 67.0 Å². The Morgan fingerprint density at radius 3 is 2.58 bits per heavy atom. The lowest BCUT2D eigenvalue weighted by atomic mass is 10.1. The van der Waals surface area contributed by atoms with E-state index in [2.05, 4.69) is 10.3 Å². The van der Waals surface area contributed by atoms with Crippen molar-refractivity contribution in [3.05, 3.63) is 88.8 Å². The smallest absolute Gasteiger partial charge is 0.307 e. The Hall–Kier alpha value is -3.84. The van der Waals surface area contributed by atoms with E-state index in [0.717, 1.165) is 5.56 Å². The van der Waals surface area contributed by atoms with Crippen molar-refractivity contribution < 1.29 is 19.4 Å². The Morgan fingerprint density at radius 2 is 1.87 bits per heavy atom. The highest BCUT2D eigenvalue weighted by Crippen LogP contribution is 2.31. The number of carbonyl (C=O) groups excluding carboxylic acids is 1. The lowest BCUT2D eigenvalue weighted by molar-refractivity contribution is -0.136. The van der Waals surface area contributed by atoms with Gasteiger partial charge in [0.15, 0.2) is 0 Å². The molecule has 8 heteroatoms. The largest absolute Gasteiger partial charge is 0.481 e. The van der Waals surface area contributed by atoms with Crippen molar-refractivity contribution in [2.45, 2.75) is 13.3 Å². The third-order valence-electron chi connectivity index (χ3n) is 4.52. The van der Waals surface area contributed by atoms with Crippen LogP contribution in [0.3, 0.4) is 0 Å². The van der Waals surface area contributed by atoms with Gasteiger partial charge in [0.1, 0.15) is 22.8 Å². The van der Waals surface area contributed by atoms with Crippen LogP contribution in [0.5, 0.6) is 11.5 Å². The molecule has 0 aliphatic heterocycles. The van der Waals surface area contributed by atoms with E-state index in [1.54, 1.807) is 48.7 Å². The van der Waals surface area contributed by atoms with Crippen molar-refractivity contribution in [2.75, 3.05) is 5.32 Å². The second kappa shape index (κ2) is 8.49. The molecule has 0 atom stereocenters. The zero-order valence-corrected chi connectivity index (χ0v) is 17.3. The predicted octanol–water partition coefficient (Wildman–Crippen LogP) is 4.97. The fourth-order valence-electron chi connectivity index (χ4n) is 3.05. The van der Waals surface area contributed by atoms with Crippen molar-refractivity contribution in [1.29, 1.82) is 0 Å². The molecule has 4 aromatic rings. The first kappa shape index (κ1) is 20.4. The second-order valence-corrected chi connectivity index (χ2v) is 7.42. The number of rotatable bonds is 6. The van der Waals surface area contributed by atoms with E-state index >= 15 is 0 Å². The Labute approximate surface area is 182 Å². The average molecular weight is 436 g/mol. The Balaban J connectivity index is 1.43. The fourth-order valence-corrected chi connectivity index (χ4v) is 3.29. The number of hydrogen-bond acceptors (Lipinski definition) is 4. The number of hydrogen-bond donors (Lipinski definition) is 2. The molecule has 2 N–H and O–H groups in total. The van der Waals surface area contributed by atoms with Crippen molar-refractivity contribution >= 4 is 34.8 Å². The Bertz CT molecular complexity index is 1280. The molecule has 0 bridgehead atoms. The van der Waals surface area contributed by atoms with Crippen molar-refractivity contribution in [3.8, 4) is 11.5 Å². The molecule has 0 spiro atoms. The zero-order chi connectivity index (χ0) is 22.0. The van der Waals surface area contributed by atoms with Crippen LogP contribution in [-0.4, -0.2) is 26.4 Å². The average Bonchev–Trinajstić information content (AvgIpc) is 3.14. The van der Waals surface area contributed by atoms with E-state index in [1.165, 1.54) is 0 Å². The molecule has 31 heavy (non-hydrogen) atoms. The molecule has 2 heterocycles. The molecule has 0 radical (unpaired) electrons. The number of halogens is 1. The lowest BCUT2D eigenvalue weighted by Gasteiger charge is -2.10. The first-order valence-corrected chi connectivity index (χ1v) is 9.80. The molecule has 0 aliphatic carbocycles. The number of carbonyl (C=O) groups is 2. The van der Waals surface area contributed by atoms with Crippen molar-refractivity contribution in [2.24, 2.45) is 0 Å². The van der Waals surface area contributed by atoms with E-state index in [-0.39, 0.29) is 12.3 Å². The highest BCUT2D eigenvalue weighted by molar-refractivity contribution is 6.32. The molecule has 0 saturated heterocycles. The van der Waals surface area contributed by atoms with Gasteiger partial charge in [0, 0.05) is 18.1 Å². The number of nitrogens with one attached hydrogen (secondary N) is 1. The quantitative estimate of drug-likeness (QED) is 0.446. The fraction of sp³-hybridized carbons (Fsp3) is 0.0870. The van der Waals surface area contributed by atoms with Crippen LogP contribution >= 0.6 is 11.6 Å². The number of ether oxygens (including phenoxy) is 1. The highest BCUT2D eigenvalue weighted by Gasteiger charge is 2.12. The van der Waals surface area contributed by atoms with E-state index < -0.39 is 5.97 Å². The minimum atomic E-state index is -0.930. The molecule has 2 aromatic carbocycles. The molecular weight excluding hydrogens is 418 g/mol. The number of benzene rings is 2. The van der Waals surface area contributed by atoms with Crippen LogP contribution in [0.25, 0.3) is 5.65 Å².